The second kappa shape index (κ2) is 5.72. The summed E-state index contributed by atoms with van der Waals surface area (Å²) in [5, 5.41) is 8.62. The van der Waals surface area contributed by atoms with Gasteiger partial charge in [-0.2, -0.15) is 5.26 Å². The van der Waals surface area contributed by atoms with Gasteiger partial charge < -0.3 is 4.74 Å². The Hall–Kier alpha value is -2.27. The van der Waals surface area contributed by atoms with Crippen LogP contribution in [0.1, 0.15) is 12.0 Å². The van der Waals surface area contributed by atoms with Gasteiger partial charge in [0.05, 0.1) is 6.07 Å². The second-order valence-electron chi connectivity index (χ2n) is 3.68. The van der Waals surface area contributed by atoms with Gasteiger partial charge in [-0.25, -0.2) is 0 Å². The molecule has 0 radical (unpaired) electrons. The van der Waals surface area contributed by atoms with E-state index in [1.54, 1.807) is 0 Å². The average Bonchev–Trinajstić information content (AvgIpc) is 2.39. The number of hydrogen-bond donors (Lipinski definition) is 0. The van der Waals surface area contributed by atoms with Gasteiger partial charge in [0.15, 0.2) is 0 Å². The zero-order valence-electron chi connectivity index (χ0n) is 9.47. The van der Waals surface area contributed by atoms with Crippen molar-refractivity contribution in [2.75, 3.05) is 0 Å². The lowest BCUT2D eigenvalue weighted by Crippen LogP contribution is -1.91. The quantitative estimate of drug-likeness (QED) is 0.786. The minimum Gasteiger partial charge on any atom is -0.457 e. The van der Waals surface area contributed by atoms with Crippen molar-refractivity contribution in [3.05, 3.63) is 60.2 Å². The largest absolute Gasteiger partial charge is 0.457 e. The van der Waals surface area contributed by atoms with Gasteiger partial charge in [-0.1, -0.05) is 36.4 Å². The highest BCUT2D eigenvalue weighted by Gasteiger charge is 2.03. The average molecular weight is 223 g/mol. The number of ether oxygens (including phenoxy) is 1. The van der Waals surface area contributed by atoms with E-state index in [4.69, 9.17) is 10.00 Å². The fourth-order valence-corrected chi connectivity index (χ4v) is 1.62. The van der Waals surface area contributed by atoms with Gasteiger partial charge in [0.2, 0.25) is 0 Å². The normalized spacial score (nSPS) is 9.59. The van der Waals surface area contributed by atoms with Gasteiger partial charge in [0.1, 0.15) is 11.5 Å². The molecule has 2 heteroatoms. The summed E-state index contributed by atoms with van der Waals surface area (Å²) < 4.78 is 5.80. The number of para-hydroxylation sites is 2. The van der Waals surface area contributed by atoms with Crippen molar-refractivity contribution in [1.29, 1.82) is 5.26 Å². The molecule has 2 rings (SSSR count). The molecule has 0 unspecified atom stereocenters. The fraction of sp³-hybridized carbons (Fsp3) is 0.133. The van der Waals surface area contributed by atoms with Crippen LogP contribution in [-0.4, -0.2) is 0 Å². The van der Waals surface area contributed by atoms with Crippen molar-refractivity contribution in [2.45, 2.75) is 12.8 Å². The van der Waals surface area contributed by atoms with E-state index in [0.717, 1.165) is 23.5 Å². The fourth-order valence-electron chi connectivity index (χ4n) is 1.62. The Morgan fingerprint density at radius 1 is 0.941 bits per heavy atom. The summed E-state index contributed by atoms with van der Waals surface area (Å²) in [6, 6.07) is 19.6. The maximum Gasteiger partial charge on any atom is 0.130 e. The number of nitrogens with zero attached hydrogens (tertiary/aromatic N) is 1. The van der Waals surface area contributed by atoms with Crippen LogP contribution in [0.4, 0.5) is 0 Å². The SMILES string of the molecule is N#CCCc1ccccc1Oc1ccccc1. The first-order chi connectivity index (χ1) is 8.40. The molecule has 17 heavy (non-hydrogen) atoms. The van der Waals surface area contributed by atoms with E-state index in [1.807, 2.05) is 54.6 Å². The van der Waals surface area contributed by atoms with E-state index in [1.165, 1.54) is 0 Å². The predicted octanol–water partition coefficient (Wildman–Crippen LogP) is 3.94. The summed E-state index contributed by atoms with van der Waals surface area (Å²) in [5.74, 6) is 1.64. The third kappa shape index (κ3) is 3.09. The highest BCUT2D eigenvalue weighted by atomic mass is 16.5. The first kappa shape index (κ1) is 11.2. The molecule has 0 saturated carbocycles. The van der Waals surface area contributed by atoms with Gasteiger partial charge in [0, 0.05) is 6.42 Å². The molecule has 0 amide bonds. The van der Waals surface area contributed by atoms with Crippen molar-refractivity contribution in [1.82, 2.24) is 0 Å². The molecular weight excluding hydrogens is 210 g/mol. The molecule has 0 N–H and O–H groups in total. The van der Waals surface area contributed by atoms with Crippen LogP contribution in [0.15, 0.2) is 54.6 Å². The Kier molecular flexibility index (Phi) is 3.77. The zero-order chi connectivity index (χ0) is 11.9. The lowest BCUT2D eigenvalue weighted by molar-refractivity contribution is 0.476. The lowest BCUT2D eigenvalue weighted by Gasteiger charge is -2.09. The first-order valence-corrected chi connectivity index (χ1v) is 5.58. The molecule has 0 aliphatic rings. The summed E-state index contributed by atoms with van der Waals surface area (Å²) in [5.41, 5.74) is 1.07. The summed E-state index contributed by atoms with van der Waals surface area (Å²) >= 11 is 0. The predicted molar refractivity (Wildman–Crippen MR) is 66.9 cm³/mol. The maximum atomic E-state index is 8.62. The summed E-state index contributed by atoms with van der Waals surface area (Å²) in [7, 11) is 0. The monoisotopic (exact) mass is 223 g/mol. The molecule has 0 aliphatic heterocycles. The van der Waals surface area contributed by atoms with Crippen LogP contribution in [-0.2, 0) is 6.42 Å². The summed E-state index contributed by atoms with van der Waals surface area (Å²) in [4.78, 5) is 0. The molecule has 0 aromatic heterocycles. The molecule has 84 valence electrons. The Bertz CT molecular complexity index is 514. The summed E-state index contributed by atoms with van der Waals surface area (Å²) in [6.07, 6.45) is 1.23. The molecule has 0 aliphatic carbocycles. The Balaban J connectivity index is 2.18. The molecule has 0 saturated heterocycles. The van der Waals surface area contributed by atoms with Gasteiger partial charge in [-0.05, 0) is 30.2 Å². The van der Waals surface area contributed by atoms with Crippen LogP contribution in [0.3, 0.4) is 0 Å². The lowest BCUT2D eigenvalue weighted by atomic mass is 10.1. The number of hydrogen-bond acceptors (Lipinski definition) is 2. The minimum absolute atomic E-state index is 0.509. The molecular formula is C15H13NO. The Morgan fingerprint density at radius 3 is 2.41 bits per heavy atom. The van der Waals surface area contributed by atoms with E-state index in [9.17, 15) is 0 Å². The van der Waals surface area contributed by atoms with Crippen LogP contribution in [0.2, 0.25) is 0 Å². The van der Waals surface area contributed by atoms with E-state index in [-0.39, 0.29) is 0 Å². The van der Waals surface area contributed by atoms with Crippen molar-refractivity contribution >= 4 is 0 Å². The number of benzene rings is 2. The topological polar surface area (TPSA) is 33.0 Å². The van der Waals surface area contributed by atoms with Crippen LogP contribution in [0.5, 0.6) is 11.5 Å². The molecule has 2 aromatic rings. The maximum absolute atomic E-state index is 8.62. The number of nitriles is 1. The number of rotatable bonds is 4. The van der Waals surface area contributed by atoms with Crippen LogP contribution >= 0.6 is 0 Å². The van der Waals surface area contributed by atoms with E-state index in [2.05, 4.69) is 6.07 Å². The molecule has 2 aromatic carbocycles. The Labute approximate surface area is 101 Å². The molecule has 0 spiro atoms. The first-order valence-electron chi connectivity index (χ1n) is 5.58. The minimum atomic E-state index is 0.509. The molecule has 0 fully saturated rings. The van der Waals surface area contributed by atoms with Crippen LogP contribution in [0, 0.1) is 11.3 Å². The van der Waals surface area contributed by atoms with Gasteiger partial charge in [-0.3, -0.25) is 0 Å². The van der Waals surface area contributed by atoms with Crippen molar-refractivity contribution in [2.24, 2.45) is 0 Å². The van der Waals surface area contributed by atoms with Crippen molar-refractivity contribution in [3.8, 4) is 17.6 Å². The van der Waals surface area contributed by atoms with E-state index < -0.39 is 0 Å². The molecule has 0 atom stereocenters. The zero-order valence-corrected chi connectivity index (χ0v) is 9.47. The molecule has 2 nitrogen and oxygen atoms in total. The van der Waals surface area contributed by atoms with Crippen LogP contribution in [0.25, 0.3) is 0 Å². The summed E-state index contributed by atoms with van der Waals surface area (Å²) in [6.45, 7) is 0. The molecule has 0 heterocycles. The molecule has 0 bridgehead atoms. The third-order valence-corrected chi connectivity index (χ3v) is 2.45. The van der Waals surface area contributed by atoms with Gasteiger partial charge in [-0.15, -0.1) is 0 Å². The van der Waals surface area contributed by atoms with E-state index >= 15 is 0 Å². The highest BCUT2D eigenvalue weighted by Crippen LogP contribution is 2.25. The van der Waals surface area contributed by atoms with Crippen LogP contribution < -0.4 is 4.74 Å². The third-order valence-electron chi connectivity index (χ3n) is 2.45. The van der Waals surface area contributed by atoms with Crippen molar-refractivity contribution < 1.29 is 4.74 Å². The second-order valence-corrected chi connectivity index (χ2v) is 3.68. The standard InChI is InChI=1S/C15H13NO/c16-12-6-8-13-7-4-5-11-15(13)17-14-9-2-1-3-10-14/h1-5,7,9-11H,6,8H2. The number of aryl methyl sites for hydroxylation is 1. The Morgan fingerprint density at radius 2 is 1.65 bits per heavy atom. The van der Waals surface area contributed by atoms with Gasteiger partial charge >= 0.3 is 0 Å². The van der Waals surface area contributed by atoms with Gasteiger partial charge in [0.25, 0.3) is 0 Å². The smallest absolute Gasteiger partial charge is 0.130 e. The van der Waals surface area contributed by atoms with E-state index in [0.29, 0.717) is 6.42 Å². The van der Waals surface area contributed by atoms with Crippen molar-refractivity contribution in [3.63, 3.8) is 0 Å². The highest BCUT2D eigenvalue weighted by molar-refractivity contribution is 5.37.